The van der Waals surface area contributed by atoms with Gasteiger partial charge in [0.25, 0.3) is 0 Å². The number of hydrogen-bond acceptors (Lipinski definition) is 14. The van der Waals surface area contributed by atoms with Crippen molar-refractivity contribution >= 4 is 42.5 Å². The molecule has 0 bridgehead atoms. The molecule has 6 N–H and O–H groups in total. The minimum absolute atomic E-state index is 0.00351. The molecule has 7 atom stereocenters. The van der Waals surface area contributed by atoms with E-state index in [1.54, 1.807) is 44.3 Å². The van der Waals surface area contributed by atoms with E-state index in [-0.39, 0.29) is 43.8 Å². The van der Waals surface area contributed by atoms with Crippen molar-refractivity contribution in [3.8, 4) is 0 Å². The lowest BCUT2D eigenvalue weighted by atomic mass is 10.1. The van der Waals surface area contributed by atoms with Crippen LogP contribution in [0.25, 0.3) is 11.2 Å². The van der Waals surface area contributed by atoms with Crippen molar-refractivity contribution < 1.29 is 43.1 Å². The number of nitrogens with zero attached hydrogens (tertiary/aromatic N) is 5. The third kappa shape index (κ3) is 7.32. The number of carbonyl (C=O) groups is 2. The molecule has 1 aliphatic carbocycles. The number of carbonyl (C=O) groups excluding carboxylic acids is 2. The van der Waals surface area contributed by atoms with Gasteiger partial charge in [0.1, 0.15) is 41.5 Å². The molecule has 1 saturated heterocycles. The lowest BCUT2D eigenvalue weighted by molar-refractivity contribution is -0.146. The zero-order valence-electron chi connectivity index (χ0n) is 29.2. The molecule has 18 heteroatoms. The van der Waals surface area contributed by atoms with E-state index in [1.807, 2.05) is 27.7 Å². The van der Waals surface area contributed by atoms with E-state index in [0.29, 0.717) is 17.0 Å². The number of nitrogens with two attached hydrogens (primary N) is 1. The number of esters is 2. The van der Waals surface area contributed by atoms with E-state index >= 15 is 0 Å². The Balaban J connectivity index is 1.59. The molecule has 2 fully saturated rings. The van der Waals surface area contributed by atoms with Gasteiger partial charge in [0.15, 0.2) is 17.0 Å². The molecule has 2 aromatic heterocycles. The molecular formula is C30H51N8O9P. The van der Waals surface area contributed by atoms with Gasteiger partial charge in [-0.25, -0.2) is 15.2 Å². The first-order chi connectivity index (χ1) is 22.4. The number of nitrogen functional groups attached to an aromatic ring is 1. The fourth-order valence-corrected chi connectivity index (χ4v) is 8.23. The van der Waals surface area contributed by atoms with Crippen molar-refractivity contribution in [2.75, 3.05) is 44.5 Å². The molecule has 17 nitrogen and oxygen atoms in total. The third-order valence-electron chi connectivity index (χ3n) is 8.60. The van der Waals surface area contributed by atoms with Crippen molar-refractivity contribution in [1.82, 2.24) is 29.7 Å². The van der Waals surface area contributed by atoms with Gasteiger partial charge in [-0.3, -0.25) is 14.2 Å². The first-order valence-electron chi connectivity index (χ1n) is 16.3. The summed E-state index contributed by atoms with van der Waals surface area (Å²) in [6.07, 6.45) is -0.647. The van der Waals surface area contributed by atoms with Crippen LogP contribution >= 0.6 is 7.67 Å². The maximum absolute atomic E-state index is 14.5. The standard InChI is InChI=1S/C30H51N8O9P/c1-10-44-25(40)18(12-16(3)4)35-48(43,36-19(13-17(5)6)26(41)45-11-2)46-14-20-22(39)30(42)27(29(30,7)47-20)38-15-32-21-23(37(8)9)33-28(31)34-24(21)38/h15-20,22,27,39,42H,10-14H2,1-9H3,(H2,31,33,34)(H2,35,36,43). The lowest BCUT2D eigenvalue weighted by Crippen LogP contribution is -2.46. The molecule has 2 aromatic rings. The maximum atomic E-state index is 14.5. The lowest BCUT2D eigenvalue weighted by Gasteiger charge is -2.31. The average Bonchev–Trinajstić information content (AvgIpc) is 3.19. The first kappa shape index (κ1) is 37.9. The van der Waals surface area contributed by atoms with Crippen molar-refractivity contribution in [2.24, 2.45) is 11.8 Å². The number of hydrogen-bond donors (Lipinski definition) is 5. The Bertz CT molecular complexity index is 1480. The summed E-state index contributed by atoms with van der Waals surface area (Å²) in [4.78, 5) is 40.6. The van der Waals surface area contributed by atoms with Gasteiger partial charge in [-0.1, -0.05) is 27.7 Å². The molecule has 0 aromatic carbocycles. The monoisotopic (exact) mass is 698 g/mol. The molecule has 0 spiro atoms. The van der Waals surface area contributed by atoms with Gasteiger partial charge in [0, 0.05) is 14.1 Å². The number of rotatable bonds is 17. The maximum Gasteiger partial charge on any atom is 0.342 e. The highest BCUT2D eigenvalue weighted by Gasteiger charge is 2.85. The van der Waals surface area contributed by atoms with Crippen LogP contribution in [0.15, 0.2) is 6.33 Å². The van der Waals surface area contributed by atoms with E-state index in [0.717, 1.165) is 0 Å². The smallest absolute Gasteiger partial charge is 0.342 e. The number of anilines is 2. The third-order valence-corrected chi connectivity index (χ3v) is 10.4. The molecule has 48 heavy (non-hydrogen) atoms. The summed E-state index contributed by atoms with van der Waals surface area (Å²) >= 11 is 0. The largest absolute Gasteiger partial charge is 0.465 e. The highest BCUT2D eigenvalue weighted by atomic mass is 31.2. The van der Waals surface area contributed by atoms with Gasteiger partial charge in [-0.15, -0.1) is 0 Å². The number of imidazole rings is 1. The quantitative estimate of drug-likeness (QED) is 0.117. The zero-order valence-corrected chi connectivity index (χ0v) is 30.1. The summed E-state index contributed by atoms with van der Waals surface area (Å²) in [7, 11) is -0.693. The SMILES string of the molecule is CCOC(=O)C(CC(C)C)NP(=O)(NC(CC(C)C)C(=O)OCC)OCC1OC2(C)C(n3cnc4c(N(C)C)nc(N)nc43)C2(O)C1O. The van der Waals surface area contributed by atoms with E-state index in [2.05, 4.69) is 25.1 Å². The van der Waals surface area contributed by atoms with Crippen LogP contribution in [0.4, 0.5) is 11.8 Å². The average molecular weight is 699 g/mol. The predicted octanol–water partition coefficient (Wildman–Crippen LogP) is 1.54. The van der Waals surface area contributed by atoms with Crippen LogP contribution in [0.1, 0.15) is 67.3 Å². The van der Waals surface area contributed by atoms with E-state index in [4.69, 9.17) is 24.5 Å². The van der Waals surface area contributed by atoms with Crippen LogP contribution in [0.2, 0.25) is 0 Å². The van der Waals surface area contributed by atoms with E-state index in [9.17, 15) is 24.4 Å². The van der Waals surface area contributed by atoms with Gasteiger partial charge >= 0.3 is 19.6 Å². The Morgan fingerprint density at radius 3 is 2.06 bits per heavy atom. The van der Waals surface area contributed by atoms with Crippen molar-refractivity contribution in [1.29, 1.82) is 0 Å². The highest BCUT2D eigenvalue weighted by Crippen LogP contribution is 2.68. The van der Waals surface area contributed by atoms with Crippen LogP contribution in [0.3, 0.4) is 0 Å². The number of nitrogens with one attached hydrogen (secondary N) is 2. The molecule has 2 aliphatic rings. The van der Waals surface area contributed by atoms with Crippen molar-refractivity contribution in [3.63, 3.8) is 0 Å². The van der Waals surface area contributed by atoms with Crippen LogP contribution in [-0.2, 0) is 32.9 Å². The Hall–Kier alpha value is -2.92. The minimum atomic E-state index is -4.27. The van der Waals surface area contributed by atoms with Crippen molar-refractivity contribution in [2.45, 2.75) is 103 Å². The Labute approximate surface area is 280 Å². The molecule has 4 rings (SSSR count). The number of fused-ring (bicyclic) bond motifs is 2. The van der Waals surface area contributed by atoms with Crippen LogP contribution in [-0.4, -0.2) is 111 Å². The summed E-state index contributed by atoms with van der Waals surface area (Å²) < 4.78 is 38.8. The molecule has 3 heterocycles. The number of aromatic nitrogens is 4. The zero-order chi connectivity index (χ0) is 35.8. The Morgan fingerprint density at radius 1 is 1.08 bits per heavy atom. The van der Waals surface area contributed by atoms with Crippen LogP contribution in [0.5, 0.6) is 0 Å². The van der Waals surface area contributed by atoms with Gasteiger partial charge in [-0.05, 0) is 45.4 Å². The van der Waals surface area contributed by atoms with Gasteiger partial charge in [0.05, 0.1) is 26.1 Å². The van der Waals surface area contributed by atoms with Gasteiger partial charge in [-0.2, -0.15) is 9.97 Å². The summed E-state index contributed by atoms with van der Waals surface area (Å²) in [5.41, 5.74) is 3.67. The number of aliphatic hydroxyl groups is 2. The topological polar surface area (TPSA) is 226 Å². The molecule has 7 unspecified atom stereocenters. The Morgan fingerprint density at radius 2 is 1.62 bits per heavy atom. The second-order valence-electron chi connectivity index (χ2n) is 13.5. The minimum Gasteiger partial charge on any atom is -0.465 e. The van der Waals surface area contributed by atoms with E-state index in [1.165, 1.54) is 6.33 Å². The molecule has 1 aliphatic heterocycles. The summed E-state index contributed by atoms with van der Waals surface area (Å²) in [5.74, 6) is -0.763. The molecule has 0 radical (unpaired) electrons. The molecule has 1 saturated carbocycles. The summed E-state index contributed by atoms with van der Waals surface area (Å²) in [6, 6.07) is -2.89. The second-order valence-corrected chi connectivity index (χ2v) is 15.4. The van der Waals surface area contributed by atoms with Crippen LogP contribution < -0.4 is 20.8 Å². The first-order valence-corrected chi connectivity index (χ1v) is 17.9. The molecular weight excluding hydrogens is 647 g/mol. The second kappa shape index (κ2) is 14.5. The van der Waals surface area contributed by atoms with Crippen molar-refractivity contribution in [3.05, 3.63) is 6.33 Å². The summed E-state index contributed by atoms with van der Waals surface area (Å²) in [6.45, 7) is 12.3. The number of aliphatic hydroxyl groups excluding tert-OH is 1. The summed E-state index contributed by atoms with van der Waals surface area (Å²) in [5, 5.41) is 28.8. The molecule has 0 amide bonds. The fourth-order valence-electron chi connectivity index (χ4n) is 6.41. The highest BCUT2D eigenvalue weighted by molar-refractivity contribution is 7.54. The Kier molecular flexibility index (Phi) is 11.5. The number of ether oxygens (including phenoxy) is 3. The van der Waals surface area contributed by atoms with E-state index < -0.39 is 67.8 Å². The van der Waals surface area contributed by atoms with Crippen LogP contribution in [0, 0.1) is 11.8 Å². The predicted molar refractivity (Wildman–Crippen MR) is 177 cm³/mol. The molecule has 270 valence electrons. The van der Waals surface area contributed by atoms with Gasteiger partial charge in [0.2, 0.25) is 5.95 Å². The fraction of sp³-hybridized carbons (Fsp3) is 0.767. The van der Waals surface area contributed by atoms with Gasteiger partial charge < -0.3 is 44.1 Å². The normalized spacial score (nSPS) is 27.5.